The van der Waals surface area contributed by atoms with Gasteiger partial charge in [0, 0.05) is 12.5 Å². The number of aliphatic carboxylic acids is 1. The fourth-order valence-electron chi connectivity index (χ4n) is 3.34. The fourth-order valence-corrected chi connectivity index (χ4v) is 3.34. The van der Waals surface area contributed by atoms with Crippen LogP contribution in [-0.2, 0) is 30.3 Å². The van der Waals surface area contributed by atoms with E-state index in [9.17, 15) is 24.3 Å². The summed E-state index contributed by atoms with van der Waals surface area (Å²) in [5.74, 6) is -3.03. The second kappa shape index (κ2) is 13.6. The quantitative estimate of drug-likeness (QED) is 0.158. The van der Waals surface area contributed by atoms with Gasteiger partial charge in [-0.05, 0) is 77.0 Å². The Morgan fingerprint density at radius 3 is 1.77 bits per heavy atom. The molecule has 0 aliphatic rings. The average molecular weight is 564 g/mol. The van der Waals surface area contributed by atoms with Gasteiger partial charge in [-0.1, -0.05) is 47.6 Å². The lowest BCUT2D eigenvalue weighted by Crippen LogP contribution is -2.59. The number of carboxylic acids is 1. The van der Waals surface area contributed by atoms with Gasteiger partial charge in [0.25, 0.3) is 5.72 Å². The summed E-state index contributed by atoms with van der Waals surface area (Å²) in [6, 6.07) is 4.20. The Kier molecular flexibility index (Phi) is 11.9. The van der Waals surface area contributed by atoms with Crippen LogP contribution < -0.4 is 14.8 Å². The number of rotatable bonds is 14. The average Bonchev–Trinajstić information content (AvgIpc) is 2.83. The molecule has 0 spiro atoms. The molecule has 0 amide bonds. The van der Waals surface area contributed by atoms with E-state index in [2.05, 4.69) is 5.32 Å². The Bertz CT molecular complexity index is 1070. The molecule has 0 heterocycles. The van der Waals surface area contributed by atoms with Gasteiger partial charge in [0.1, 0.15) is 0 Å². The molecule has 0 aliphatic heterocycles. The van der Waals surface area contributed by atoms with E-state index in [0.29, 0.717) is 24.8 Å². The van der Waals surface area contributed by atoms with Crippen molar-refractivity contribution in [2.75, 3.05) is 0 Å². The molecule has 1 aromatic rings. The van der Waals surface area contributed by atoms with Crippen molar-refractivity contribution >= 4 is 23.9 Å². The number of carbonyl (C=O) groups excluding carboxylic acids is 3. The van der Waals surface area contributed by atoms with E-state index in [1.807, 2.05) is 41.5 Å². The van der Waals surface area contributed by atoms with Crippen LogP contribution in [0.3, 0.4) is 0 Å². The number of ether oxygens (including phenoxy) is 3. The highest BCUT2D eigenvalue weighted by Gasteiger charge is 2.44. The lowest BCUT2D eigenvalue weighted by molar-refractivity contribution is -0.185. The maximum absolute atomic E-state index is 13.0. The third-order valence-corrected chi connectivity index (χ3v) is 7.14. The molecular formula is C31H49NO8. The standard InChI is InChI=1S/C31H49NO8/c1-12-20(4)32-31(25(34)35,40-24(33)19-28(5,6)7)18-21-15-16-22(38-26(36)29(8,9)13-2)23(17-21)39-27(37)30(10,11)14-3/h15-17,20,32H,12-14,18-19H2,1-11H3,(H,34,35)/t20?,31-/m0/s1. The summed E-state index contributed by atoms with van der Waals surface area (Å²) in [6.07, 6.45) is 1.38. The first-order chi connectivity index (χ1) is 18.2. The van der Waals surface area contributed by atoms with Crippen molar-refractivity contribution in [1.82, 2.24) is 5.32 Å². The molecule has 9 nitrogen and oxygen atoms in total. The number of carbonyl (C=O) groups is 4. The van der Waals surface area contributed by atoms with Gasteiger partial charge in [0.05, 0.1) is 17.3 Å². The van der Waals surface area contributed by atoms with Crippen LogP contribution in [0.5, 0.6) is 11.5 Å². The Labute approximate surface area is 239 Å². The van der Waals surface area contributed by atoms with E-state index in [1.54, 1.807) is 40.7 Å². The van der Waals surface area contributed by atoms with E-state index in [-0.39, 0.29) is 30.4 Å². The first-order valence-corrected chi connectivity index (χ1v) is 14.0. The van der Waals surface area contributed by atoms with Gasteiger partial charge < -0.3 is 19.3 Å². The van der Waals surface area contributed by atoms with Gasteiger partial charge in [-0.3, -0.25) is 19.7 Å². The summed E-state index contributed by atoms with van der Waals surface area (Å²) >= 11 is 0. The number of hydrogen-bond donors (Lipinski definition) is 2. The van der Waals surface area contributed by atoms with Gasteiger partial charge in [0.15, 0.2) is 11.5 Å². The highest BCUT2D eigenvalue weighted by atomic mass is 16.6. The van der Waals surface area contributed by atoms with Crippen LogP contribution in [0, 0.1) is 16.2 Å². The molecule has 0 bridgehead atoms. The fraction of sp³-hybridized carbons (Fsp3) is 0.677. The lowest BCUT2D eigenvalue weighted by Gasteiger charge is -2.34. The predicted molar refractivity (Wildman–Crippen MR) is 153 cm³/mol. The van der Waals surface area contributed by atoms with Crippen molar-refractivity contribution in [3.8, 4) is 11.5 Å². The molecular weight excluding hydrogens is 514 g/mol. The van der Waals surface area contributed by atoms with Gasteiger partial charge in [-0.15, -0.1) is 0 Å². The largest absolute Gasteiger partial charge is 0.477 e. The Hall–Kier alpha value is -2.94. The first kappa shape index (κ1) is 35.1. The molecule has 1 rings (SSSR count). The maximum atomic E-state index is 13.0. The van der Waals surface area contributed by atoms with Crippen LogP contribution in [0.15, 0.2) is 18.2 Å². The summed E-state index contributed by atoms with van der Waals surface area (Å²) in [5, 5.41) is 13.3. The van der Waals surface area contributed by atoms with Crippen LogP contribution in [0.25, 0.3) is 0 Å². The van der Waals surface area contributed by atoms with Crippen LogP contribution in [0.4, 0.5) is 0 Å². The van der Waals surface area contributed by atoms with E-state index in [1.165, 1.54) is 12.1 Å². The van der Waals surface area contributed by atoms with Gasteiger partial charge in [-0.25, -0.2) is 4.79 Å². The Balaban J connectivity index is 3.62. The maximum Gasteiger partial charge on any atom is 0.364 e. The minimum Gasteiger partial charge on any atom is -0.477 e. The molecule has 2 N–H and O–H groups in total. The number of benzene rings is 1. The smallest absolute Gasteiger partial charge is 0.364 e. The third-order valence-electron chi connectivity index (χ3n) is 7.14. The molecule has 0 fully saturated rings. The van der Waals surface area contributed by atoms with Crippen molar-refractivity contribution in [1.29, 1.82) is 0 Å². The van der Waals surface area contributed by atoms with Gasteiger partial charge >= 0.3 is 23.9 Å². The molecule has 9 heteroatoms. The number of carboxylic acid groups (broad SMARTS) is 1. The summed E-state index contributed by atoms with van der Waals surface area (Å²) in [4.78, 5) is 51.3. The molecule has 0 saturated carbocycles. The zero-order chi connectivity index (χ0) is 31.1. The minimum atomic E-state index is -2.08. The van der Waals surface area contributed by atoms with Crippen molar-refractivity contribution in [2.24, 2.45) is 16.2 Å². The topological polar surface area (TPSA) is 128 Å². The second-order valence-electron chi connectivity index (χ2n) is 13.0. The SMILES string of the molecule is CCC(C)N[C@@](Cc1ccc(OC(=O)C(C)(C)CC)c(OC(=O)C(C)(C)CC)c1)(OC(=O)CC(C)(C)C)C(=O)O. The predicted octanol–water partition coefficient (Wildman–Crippen LogP) is 6.06. The monoisotopic (exact) mass is 563 g/mol. The van der Waals surface area contributed by atoms with Crippen molar-refractivity contribution in [2.45, 2.75) is 120 Å². The van der Waals surface area contributed by atoms with Gasteiger partial charge in [0.2, 0.25) is 0 Å². The molecule has 40 heavy (non-hydrogen) atoms. The molecule has 0 aliphatic carbocycles. The Morgan fingerprint density at radius 1 is 0.850 bits per heavy atom. The number of nitrogens with one attached hydrogen (secondary N) is 1. The summed E-state index contributed by atoms with van der Waals surface area (Å²) in [6.45, 7) is 20.0. The zero-order valence-electron chi connectivity index (χ0n) is 26.1. The Morgan fingerprint density at radius 2 is 1.35 bits per heavy atom. The van der Waals surface area contributed by atoms with E-state index in [0.717, 1.165) is 0 Å². The number of hydrogen-bond acceptors (Lipinski definition) is 8. The van der Waals surface area contributed by atoms with E-state index in [4.69, 9.17) is 14.2 Å². The second-order valence-corrected chi connectivity index (χ2v) is 13.0. The van der Waals surface area contributed by atoms with Crippen LogP contribution in [-0.4, -0.2) is 40.8 Å². The molecule has 2 atom stereocenters. The number of esters is 3. The van der Waals surface area contributed by atoms with Gasteiger partial charge in [-0.2, -0.15) is 0 Å². The molecule has 0 aromatic heterocycles. The molecule has 0 saturated heterocycles. The highest BCUT2D eigenvalue weighted by Crippen LogP contribution is 2.35. The normalized spacial score (nSPS) is 14.6. The molecule has 1 unspecified atom stereocenters. The zero-order valence-corrected chi connectivity index (χ0v) is 26.1. The lowest BCUT2D eigenvalue weighted by atomic mass is 9.90. The molecule has 0 radical (unpaired) electrons. The highest BCUT2D eigenvalue weighted by molar-refractivity contribution is 5.83. The van der Waals surface area contributed by atoms with Crippen LogP contribution >= 0.6 is 0 Å². The van der Waals surface area contributed by atoms with Crippen molar-refractivity contribution in [3.63, 3.8) is 0 Å². The summed E-state index contributed by atoms with van der Waals surface area (Å²) < 4.78 is 17.0. The van der Waals surface area contributed by atoms with Crippen molar-refractivity contribution in [3.05, 3.63) is 23.8 Å². The van der Waals surface area contributed by atoms with E-state index >= 15 is 0 Å². The summed E-state index contributed by atoms with van der Waals surface area (Å²) in [5.41, 5.74) is -3.69. The first-order valence-electron chi connectivity index (χ1n) is 14.0. The third kappa shape index (κ3) is 9.91. The van der Waals surface area contributed by atoms with Crippen LogP contribution in [0.1, 0.15) is 107 Å². The minimum absolute atomic E-state index is 0.0152. The molecule has 226 valence electrons. The van der Waals surface area contributed by atoms with Crippen molar-refractivity contribution < 1.29 is 38.5 Å². The molecule has 1 aromatic carbocycles. The van der Waals surface area contributed by atoms with Crippen LogP contribution in [0.2, 0.25) is 0 Å². The summed E-state index contributed by atoms with van der Waals surface area (Å²) in [7, 11) is 0. The van der Waals surface area contributed by atoms with E-state index < -0.39 is 45.8 Å².